The van der Waals surface area contributed by atoms with Crippen LogP contribution in [0.5, 0.6) is 5.75 Å². The highest BCUT2D eigenvalue weighted by molar-refractivity contribution is 7.96. The van der Waals surface area contributed by atoms with Crippen molar-refractivity contribution in [2.75, 3.05) is 0 Å². The summed E-state index contributed by atoms with van der Waals surface area (Å²) in [7, 11) is -7.48. The van der Waals surface area contributed by atoms with Crippen LogP contribution in [0.3, 0.4) is 0 Å². The molecule has 11 rings (SSSR count). The van der Waals surface area contributed by atoms with Crippen LogP contribution in [0.25, 0.3) is 0 Å². The lowest BCUT2D eigenvalue weighted by Gasteiger charge is -2.37. The maximum absolute atomic E-state index is 7.37. The number of hydrogen-bond donors (Lipinski definition) is 0. The van der Waals surface area contributed by atoms with Crippen molar-refractivity contribution in [1.82, 2.24) is 4.98 Å². The molecule has 0 saturated heterocycles. The fourth-order valence-corrected chi connectivity index (χ4v) is 23.7. The van der Waals surface area contributed by atoms with Gasteiger partial charge in [-0.1, -0.05) is 164 Å². The molecule has 0 saturated carbocycles. The normalized spacial score (nSPS) is 13.4. The zero-order chi connectivity index (χ0) is 48.9. The molecule has 9 aromatic carbocycles. The molecule has 6 heteroatoms. The van der Waals surface area contributed by atoms with E-state index in [2.05, 4.69) is 273 Å². The lowest BCUT2D eigenvalue weighted by molar-refractivity contribution is -0.180. The Morgan fingerprint density at radius 2 is 0.569 bits per heavy atom. The molecular formula is C66H59NO2P3+3. The maximum atomic E-state index is 7.37. The van der Waals surface area contributed by atoms with Crippen molar-refractivity contribution in [2.45, 2.75) is 44.7 Å². The largest absolute Gasteiger partial charge is 0.461 e. The molecule has 2 heterocycles. The van der Waals surface area contributed by atoms with Crippen LogP contribution >= 0.6 is 21.8 Å². The van der Waals surface area contributed by atoms with Crippen molar-refractivity contribution in [3.05, 3.63) is 296 Å². The second-order valence-corrected chi connectivity index (χ2v) is 29.5. The zero-order valence-electron chi connectivity index (χ0n) is 40.9. The molecule has 0 radical (unpaired) electrons. The van der Waals surface area contributed by atoms with Crippen molar-refractivity contribution >= 4 is 69.5 Å². The summed E-state index contributed by atoms with van der Waals surface area (Å²) in [6, 6.07) is 101. The monoisotopic (exact) mass is 990 g/mol. The van der Waals surface area contributed by atoms with Crippen LogP contribution in [0.2, 0.25) is 0 Å². The third-order valence-electron chi connectivity index (χ3n) is 14.4. The molecule has 0 bridgehead atoms. The minimum absolute atomic E-state index is 0.388. The molecule has 72 heavy (non-hydrogen) atoms. The molecule has 0 N–H and O–H groups in total. The first-order valence-corrected chi connectivity index (χ1v) is 30.8. The number of rotatable bonds is 15. The molecule has 1 aliphatic heterocycles. The zero-order valence-corrected chi connectivity index (χ0v) is 43.6. The van der Waals surface area contributed by atoms with E-state index in [4.69, 9.17) is 14.5 Å². The van der Waals surface area contributed by atoms with Gasteiger partial charge in [0.15, 0.2) is 5.75 Å². The summed E-state index contributed by atoms with van der Waals surface area (Å²) in [5.41, 5.74) is 4.38. The first kappa shape index (κ1) is 47.5. The molecular weight excluding hydrogens is 932 g/mol. The van der Waals surface area contributed by atoms with E-state index in [1.54, 1.807) is 0 Å². The van der Waals surface area contributed by atoms with Crippen LogP contribution in [0.4, 0.5) is 0 Å². The predicted molar refractivity (Wildman–Crippen MR) is 310 cm³/mol. The van der Waals surface area contributed by atoms with E-state index in [0.717, 1.165) is 28.9 Å². The summed E-state index contributed by atoms with van der Waals surface area (Å²) in [6.07, 6.45) is 2.06. The molecule has 3 nitrogen and oxygen atoms in total. The van der Waals surface area contributed by atoms with E-state index >= 15 is 0 Å². The van der Waals surface area contributed by atoms with Crippen LogP contribution in [0.1, 0.15) is 36.4 Å². The molecule has 352 valence electrons. The van der Waals surface area contributed by atoms with Crippen molar-refractivity contribution in [2.24, 2.45) is 0 Å². The Bertz CT molecular complexity index is 3060. The van der Waals surface area contributed by atoms with E-state index in [-0.39, 0.29) is 0 Å². The lowest BCUT2D eigenvalue weighted by Crippen LogP contribution is -2.39. The standard InChI is InChI=1S/C66H59NO2P3/c1-66(2)68-48-61-62(49-70(52-30-12-3-13-31-52,53-32-14-4-15-33-53)54-34-16-5-17-35-54)63(50-71(55-36-18-6-19-37-55,56-38-20-7-21-39-56)57-40-22-8-23-41-57)67-64(65(61)69-66)51-72(58-42-24-9-25-43-58,59-44-26-10-27-45-59)60-46-28-11-29-47-60/h3-47H,48-51H2,1-2H3/q+3. The second-order valence-electron chi connectivity index (χ2n) is 19.0. The van der Waals surface area contributed by atoms with Gasteiger partial charge in [-0.3, -0.25) is 0 Å². The van der Waals surface area contributed by atoms with Crippen molar-refractivity contribution in [1.29, 1.82) is 0 Å². The highest BCUT2D eigenvalue weighted by atomic mass is 31.2. The Morgan fingerprint density at radius 3 is 0.833 bits per heavy atom. The molecule has 10 aromatic rings. The number of fused-ring (bicyclic) bond motifs is 1. The topological polar surface area (TPSA) is 31.4 Å². The van der Waals surface area contributed by atoms with Crippen LogP contribution in [0.15, 0.2) is 273 Å². The van der Waals surface area contributed by atoms with Crippen molar-refractivity contribution in [3.63, 3.8) is 0 Å². The number of aromatic nitrogens is 1. The molecule has 1 aromatic heterocycles. The lowest BCUT2D eigenvalue weighted by atomic mass is 10.0. The average Bonchev–Trinajstić information content (AvgIpc) is 3.45. The molecule has 0 fully saturated rings. The first-order chi connectivity index (χ1) is 35.4. The summed E-state index contributed by atoms with van der Waals surface area (Å²) >= 11 is 0. The van der Waals surface area contributed by atoms with E-state index in [9.17, 15) is 0 Å². The van der Waals surface area contributed by atoms with Gasteiger partial charge in [0, 0.05) is 25.0 Å². The number of nitrogens with zero attached hydrogens (tertiary/aromatic N) is 1. The Labute approximate surface area is 427 Å². The quantitative estimate of drug-likeness (QED) is 0.0959. The summed E-state index contributed by atoms with van der Waals surface area (Å²) in [4.78, 5) is 6.33. The smallest absolute Gasteiger partial charge is 0.205 e. The fourth-order valence-electron chi connectivity index (χ4n) is 11.0. The van der Waals surface area contributed by atoms with Gasteiger partial charge in [-0.15, -0.1) is 0 Å². The van der Waals surface area contributed by atoms with Crippen LogP contribution in [-0.4, -0.2) is 10.8 Å². The summed E-state index contributed by atoms with van der Waals surface area (Å²) in [6.45, 7) is 4.49. The van der Waals surface area contributed by atoms with Gasteiger partial charge in [0.25, 0.3) is 0 Å². The summed E-state index contributed by atoms with van der Waals surface area (Å²) in [5.74, 6) is -0.0397. The van der Waals surface area contributed by atoms with Gasteiger partial charge >= 0.3 is 0 Å². The SMILES string of the molecule is CC1(C)OCc2c(C[P+](c3ccccc3)(c3ccccc3)c3ccccc3)c(C[P+](c3ccccc3)(c3ccccc3)c3ccccc3)nc(C[P+](c3ccccc3)(c3ccccc3)c3ccccc3)c2O1. The van der Waals surface area contributed by atoms with Gasteiger partial charge in [0.05, 0.1) is 12.3 Å². The van der Waals surface area contributed by atoms with Gasteiger partial charge in [-0.2, -0.15) is 0 Å². The van der Waals surface area contributed by atoms with Crippen LogP contribution in [0, 0.1) is 0 Å². The van der Waals surface area contributed by atoms with Crippen molar-refractivity contribution in [3.8, 4) is 5.75 Å². The Morgan fingerprint density at radius 1 is 0.333 bits per heavy atom. The third-order valence-corrected chi connectivity index (χ3v) is 27.3. The average molecular weight is 991 g/mol. The Kier molecular flexibility index (Phi) is 13.7. The van der Waals surface area contributed by atoms with E-state index in [1.807, 2.05) is 13.8 Å². The van der Waals surface area contributed by atoms with Crippen molar-refractivity contribution < 1.29 is 9.47 Å². The van der Waals surface area contributed by atoms with Gasteiger partial charge < -0.3 is 9.47 Å². The molecule has 1 aliphatic rings. The molecule has 0 amide bonds. The number of ether oxygens (including phenoxy) is 2. The van der Waals surface area contributed by atoms with Gasteiger partial charge in [0.2, 0.25) is 5.79 Å². The Balaban J connectivity index is 1.27. The molecule has 0 spiro atoms. The van der Waals surface area contributed by atoms with E-state index in [0.29, 0.717) is 18.9 Å². The maximum Gasteiger partial charge on any atom is 0.205 e. The minimum atomic E-state index is -2.51. The highest BCUT2D eigenvalue weighted by Gasteiger charge is 2.53. The predicted octanol–water partition coefficient (Wildman–Crippen LogP) is 12.2. The minimum Gasteiger partial charge on any atom is -0.461 e. The number of benzene rings is 9. The number of pyridine rings is 1. The van der Waals surface area contributed by atoms with E-state index < -0.39 is 27.6 Å². The highest BCUT2D eigenvalue weighted by Crippen LogP contribution is 2.64. The van der Waals surface area contributed by atoms with Crippen LogP contribution < -0.4 is 52.5 Å². The second kappa shape index (κ2) is 20.7. The fraction of sp³-hybridized carbons (Fsp3) is 0.106. The first-order valence-electron chi connectivity index (χ1n) is 24.9. The molecule has 0 unspecified atom stereocenters. The van der Waals surface area contributed by atoms with Gasteiger partial charge in [0.1, 0.15) is 93.7 Å². The third kappa shape index (κ3) is 8.95. The summed E-state index contributed by atoms with van der Waals surface area (Å²) < 4.78 is 14.3. The molecule has 0 atom stereocenters. The van der Waals surface area contributed by atoms with Gasteiger partial charge in [-0.25, -0.2) is 4.98 Å². The van der Waals surface area contributed by atoms with Gasteiger partial charge in [-0.05, 0) is 109 Å². The van der Waals surface area contributed by atoms with Crippen LogP contribution in [-0.2, 0) is 29.8 Å². The molecule has 0 aliphatic carbocycles. The Hall–Kier alpha value is -6.82. The summed E-state index contributed by atoms with van der Waals surface area (Å²) in [5, 5.41) is 11.8. The van der Waals surface area contributed by atoms with E-state index in [1.165, 1.54) is 53.3 Å². The number of hydrogen-bond acceptors (Lipinski definition) is 3.